The number of likely N-dealkylation sites (N-methyl/N-ethyl adjacent to an activating group) is 2. The van der Waals surface area contributed by atoms with E-state index in [0.717, 1.165) is 26.1 Å². The van der Waals surface area contributed by atoms with E-state index in [0.29, 0.717) is 12.1 Å². The monoisotopic (exact) mass is 283 g/mol. The molecule has 19 heavy (non-hydrogen) atoms. The van der Waals surface area contributed by atoms with E-state index >= 15 is 0 Å². The fourth-order valence-electron chi connectivity index (χ4n) is 2.61. The van der Waals surface area contributed by atoms with Crippen molar-refractivity contribution in [3.05, 3.63) is 11.9 Å². The highest BCUT2D eigenvalue weighted by molar-refractivity contribution is 7.99. The van der Waals surface area contributed by atoms with E-state index in [1.54, 1.807) is 0 Å². The molecule has 2 atom stereocenters. The van der Waals surface area contributed by atoms with Crippen molar-refractivity contribution in [1.82, 2.24) is 25.2 Å². The Balaban J connectivity index is 2.20. The van der Waals surface area contributed by atoms with Gasteiger partial charge in [-0.15, -0.1) is 5.10 Å². The molecule has 1 N–H and O–H groups in total. The smallest absolute Gasteiger partial charge is 0.0772 e. The molecule has 2 heterocycles. The van der Waals surface area contributed by atoms with Crippen LogP contribution in [0.4, 0.5) is 0 Å². The van der Waals surface area contributed by atoms with E-state index in [9.17, 15) is 0 Å². The Morgan fingerprint density at radius 2 is 2.37 bits per heavy atom. The molecular weight excluding hydrogens is 258 g/mol. The molecule has 0 amide bonds. The van der Waals surface area contributed by atoms with Gasteiger partial charge in [-0.05, 0) is 20.0 Å². The summed E-state index contributed by atoms with van der Waals surface area (Å²) in [6.07, 6.45) is 3.01. The molecule has 0 spiro atoms. The first-order chi connectivity index (χ1) is 9.27. The van der Waals surface area contributed by atoms with Crippen LogP contribution in [0.5, 0.6) is 0 Å². The molecule has 0 bridgehead atoms. The molecule has 0 saturated carbocycles. The van der Waals surface area contributed by atoms with Crippen LogP contribution in [0.25, 0.3) is 0 Å². The summed E-state index contributed by atoms with van der Waals surface area (Å²) in [4.78, 5) is 2.47. The predicted molar refractivity (Wildman–Crippen MR) is 80.5 cm³/mol. The van der Waals surface area contributed by atoms with Gasteiger partial charge in [-0.1, -0.05) is 19.1 Å². The first-order valence-electron chi connectivity index (χ1n) is 7.17. The lowest BCUT2D eigenvalue weighted by Crippen LogP contribution is -2.48. The van der Waals surface area contributed by atoms with Gasteiger partial charge in [0.25, 0.3) is 0 Å². The van der Waals surface area contributed by atoms with E-state index < -0.39 is 0 Å². The standard InChI is InChI=1S/C13H25N5S/c1-4-6-18-11(9-15-16-18)13(14-5-2)12-10-19-8-7-17(12)3/h9,12-14H,4-8,10H2,1-3H3. The first kappa shape index (κ1) is 14.8. The lowest BCUT2D eigenvalue weighted by atomic mass is 10.0. The number of aryl methyl sites for hydroxylation is 1. The van der Waals surface area contributed by atoms with Crippen molar-refractivity contribution in [2.24, 2.45) is 0 Å². The number of hydrogen-bond donors (Lipinski definition) is 1. The Labute approximate surface area is 120 Å². The van der Waals surface area contributed by atoms with Crippen LogP contribution in [0.15, 0.2) is 6.20 Å². The molecule has 6 heteroatoms. The fraction of sp³-hybridized carbons (Fsp3) is 0.846. The molecule has 1 aromatic rings. The molecule has 2 unspecified atom stereocenters. The summed E-state index contributed by atoms with van der Waals surface area (Å²) >= 11 is 2.05. The second-order valence-electron chi connectivity index (χ2n) is 5.04. The van der Waals surface area contributed by atoms with Gasteiger partial charge in [0.15, 0.2) is 0 Å². The number of nitrogens with zero attached hydrogens (tertiary/aromatic N) is 4. The van der Waals surface area contributed by atoms with Gasteiger partial charge in [0.2, 0.25) is 0 Å². The van der Waals surface area contributed by atoms with Gasteiger partial charge >= 0.3 is 0 Å². The van der Waals surface area contributed by atoms with Gasteiger partial charge in [0.1, 0.15) is 0 Å². The lowest BCUT2D eigenvalue weighted by molar-refractivity contribution is 0.210. The average molecular weight is 283 g/mol. The number of hydrogen-bond acceptors (Lipinski definition) is 5. The Kier molecular flexibility index (Phi) is 5.66. The van der Waals surface area contributed by atoms with Crippen molar-refractivity contribution in [1.29, 1.82) is 0 Å². The Hall–Kier alpha value is -0.590. The van der Waals surface area contributed by atoms with Crippen LogP contribution in [-0.2, 0) is 6.54 Å². The fourth-order valence-corrected chi connectivity index (χ4v) is 3.88. The van der Waals surface area contributed by atoms with Gasteiger partial charge in [0.05, 0.1) is 17.9 Å². The van der Waals surface area contributed by atoms with Crippen molar-refractivity contribution in [3.63, 3.8) is 0 Å². The van der Waals surface area contributed by atoms with Gasteiger partial charge in [-0.25, -0.2) is 4.68 Å². The van der Waals surface area contributed by atoms with Gasteiger partial charge in [-0.2, -0.15) is 11.8 Å². The zero-order valence-electron chi connectivity index (χ0n) is 12.2. The second kappa shape index (κ2) is 7.26. The van der Waals surface area contributed by atoms with Crippen molar-refractivity contribution in [2.45, 2.75) is 38.9 Å². The van der Waals surface area contributed by atoms with E-state index in [4.69, 9.17) is 0 Å². The minimum absolute atomic E-state index is 0.323. The third kappa shape index (κ3) is 3.49. The molecule has 0 aliphatic carbocycles. The van der Waals surface area contributed by atoms with E-state index in [2.05, 4.69) is 46.1 Å². The van der Waals surface area contributed by atoms with Crippen LogP contribution in [0.2, 0.25) is 0 Å². The summed E-state index contributed by atoms with van der Waals surface area (Å²) in [7, 11) is 2.22. The Bertz CT molecular complexity index is 381. The molecular formula is C13H25N5S. The average Bonchev–Trinajstić information content (AvgIpc) is 2.86. The summed E-state index contributed by atoms with van der Waals surface area (Å²) in [6, 6.07) is 0.845. The highest BCUT2D eigenvalue weighted by Gasteiger charge is 2.30. The number of nitrogens with one attached hydrogen (secondary N) is 1. The molecule has 1 fully saturated rings. The zero-order valence-corrected chi connectivity index (χ0v) is 13.0. The summed E-state index contributed by atoms with van der Waals surface area (Å²) in [5.74, 6) is 2.41. The van der Waals surface area contributed by atoms with Crippen molar-refractivity contribution in [2.75, 3.05) is 31.6 Å². The van der Waals surface area contributed by atoms with Crippen LogP contribution in [0.1, 0.15) is 32.0 Å². The summed E-state index contributed by atoms with van der Waals surface area (Å²) < 4.78 is 2.06. The molecule has 1 aliphatic rings. The lowest BCUT2D eigenvalue weighted by Gasteiger charge is -2.38. The van der Waals surface area contributed by atoms with Crippen LogP contribution in [0.3, 0.4) is 0 Å². The maximum Gasteiger partial charge on any atom is 0.0772 e. The van der Waals surface area contributed by atoms with Crippen molar-refractivity contribution >= 4 is 11.8 Å². The van der Waals surface area contributed by atoms with Gasteiger partial charge < -0.3 is 5.32 Å². The van der Waals surface area contributed by atoms with Crippen LogP contribution in [0, 0.1) is 0 Å². The zero-order chi connectivity index (χ0) is 13.7. The molecule has 1 aromatic heterocycles. The molecule has 2 rings (SSSR count). The molecule has 0 radical (unpaired) electrons. The molecule has 0 aromatic carbocycles. The van der Waals surface area contributed by atoms with Crippen molar-refractivity contribution < 1.29 is 0 Å². The topological polar surface area (TPSA) is 46.0 Å². The van der Waals surface area contributed by atoms with E-state index in [1.807, 2.05) is 18.0 Å². The van der Waals surface area contributed by atoms with Crippen LogP contribution < -0.4 is 5.32 Å². The highest BCUT2D eigenvalue weighted by Crippen LogP contribution is 2.26. The maximum atomic E-state index is 4.23. The number of thioether (sulfide) groups is 1. The van der Waals surface area contributed by atoms with Crippen LogP contribution in [-0.4, -0.2) is 57.6 Å². The first-order valence-corrected chi connectivity index (χ1v) is 8.33. The normalized spacial score (nSPS) is 22.6. The van der Waals surface area contributed by atoms with Gasteiger partial charge in [0, 0.05) is 30.6 Å². The third-order valence-electron chi connectivity index (χ3n) is 3.65. The second-order valence-corrected chi connectivity index (χ2v) is 6.19. The molecule has 1 aliphatic heterocycles. The largest absolute Gasteiger partial charge is 0.308 e. The van der Waals surface area contributed by atoms with E-state index in [1.165, 1.54) is 17.2 Å². The highest BCUT2D eigenvalue weighted by atomic mass is 32.2. The molecule has 1 saturated heterocycles. The summed E-state index contributed by atoms with van der Waals surface area (Å²) in [5.41, 5.74) is 1.23. The quantitative estimate of drug-likeness (QED) is 0.855. The van der Waals surface area contributed by atoms with Gasteiger partial charge in [-0.3, -0.25) is 4.90 Å². The minimum atomic E-state index is 0.323. The summed E-state index contributed by atoms with van der Waals surface area (Å²) in [6.45, 7) is 7.41. The molecule has 5 nitrogen and oxygen atoms in total. The molecule has 108 valence electrons. The SMILES string of the molecule is CCCn1nncc1C(NCC)C1CSCCN1C. The third-order valence-corrected chi connectivity index (χ3v) is 4.70. The van der Waals surface area contributed by atoms with Crippen LogP contribution >= 0.6 is 11.8 Å². The minimum Gasteiger partial charge on any atom is -0.308 e. The summed E-state index contributed by atoms with van der Waals surface area (Å²) in [5, 5.41) is 12.0. The Morgan fingerprint density at radius 1 is 1.53 bits per heavy atom. The Morgan fingerprint density at radius 3 is 3.05 bits per heavy atom. The maximum absolute atomic E-state index is 4.23. The van der Waals surface area contributed by atoms with E-state index in [-0.39, 0.29) is 0 Å². The predicted octanol–water partition coefficient (Wildman–Crippen LogP) is 1.39. The number of rotatable bonds is 6. The number of aromatic nitrogens is 3. The van der Waals surface area contributed by atoms with Crippen molar-refractivity contribution in [3.8, 4) is 0 Å².